The van der Waals surface area contributed by atoms with E-state index in [0.29, 0.717) is 18.0 Å². The predicted octanol–water partition coefficient (Wildman–Crippen LogP) is 2.67. The van der Waals surface area contributed by atoms with Crippen LogP contribution in [0.25, 0.3) is 0 Å². The number of ether oxygens (including phenoxy) is 1. The van der Waals surface area contributed by atoms with E-state index in [1.807, 2.05) is 0 Å². The van der Waals surface area contributed by atoms with Gasteiger partial charge >= 0.3 is 0 Å². The zero-order chi connectivity index (χ0) is 12.8. The van der Waals surface area contributed by atoms with Gasteiger partial charge in [-0.05, 0) is 29.9 Å². The molecular weight excluding hydrogens is 224 g/mol. The number of halogens is 2. The summed E-state index contributed by atoms with van der Waals surface area (Å²) in [5.74, 6) is -1.35. The highest BCUT2D eigenvalue weighted by atomic mass is 19.2. The van der Waals surface area contributed by atoms with Gasteiger partial charge in [0.1, 0.15) is 0 Å². The Kier molecular flexibility index (Phi) is 2.86. The Labute approximate surface area is 99.8 Å². The molecule has 1 aromatic carbocycles. The fourth-order valence-corrected chi connectivity index (χ4v) is 2.80. The van der Waals surface area contributed by atoms with E-state index in [2.05, 4.69) is 13.8 Å². The van der Waals surface area contributed by atoms with Gasteiger partial charge in [-0.1, -0.05) is 19.9 Å². The van der Waals surface area contributed by atoms with E-state index in [1.54, 1.807) is 6.07 Å². The van der Waals surface area contributed by atoms with Crippen LogP contribution in [0.3, 0.4) is 0 Å². The molecule has 0 aliphatic heterocycles. The monoisotopic (exact) mass is 241 g/mol. The summed E-state index contributed by atoms with van der Waals surface area (Å²) < 4.78 is 31.7. The van der Waals surface area contributed by atoms with E-state index < -0.39 is 11.6 Å². The smallest absolute Gasteiger partial charge is 0.200 e. The van der Waals surface area contributed by atoms with Gasteiger partial charge in [-0.25, -0.2) is 4.39 Å². The Morgan fingerprint density at radius 3 is 2.47 bits per heavy atom. The lowest BCUT2D eigenvalue weighted by Crippen LogP contribution is -2.05. The summed E-state index contributed by atoms with van der Waals surface area (Å²) >= 11 is 0. The molecule has 0 radical (unpaired) electrons. The molecule has 94 valence electrons. The topological polar surface area (TPSA) is 35.2 Å². The van der Waals surface area contributed by atoms with Gasteiger partial charge in [-0.3, -0.25) is 0 Å². The van der Waals surface area contributed by atoms with Gasteiger partial charge in [0.15, 0.2) is 11.6 Å². The summed E-state index contributed by atoms with van der Waals surface area (Å²) in [5.41, 5.74) is 6.42. The molecule has 4 heteroatoms. The Bertz CT molecular complexity index is 445. The molecule has 2 rings (SSSR count). The molecule has 0 spiro atoms. The van der Waals surface area contributed by atoms with Gasteiger partial charge in [0.05, 0.1) is 7.11 Å². The number of nitrogens with two attached hydrogens (primary N) is 1. The maximum atomic E-state index is 13.6. The summed E-state index contributed by atoms with van der Waals surface area (Å²) in [7, 11) is 1.36. The fourth-order valence-electron chi connectivity index (χ4n) is 2.80. The molecule has 1 fully saturated rings. The second-order valence-corrected chi connectivity index (χ2v) is 5.13. The van der Waals surface area contributed by atoms with Crippen LogP contribution in [0.5, 0.6) is 5.75 Å². The van der Waals surface area contributed by atoms with E-state index in [9.17, 15) is 8.78 Å². The molecule has 2 N–H and O–H groups in total. The van der Waals surface area contributed by atoms with Crippen molar-refractivity contribution >= 4 is 0 Å². The lowest BCUT2D eigenvalue weighted by atomic mass is 10.0. The molecule has 1 saturated carbocycles. The molecule has 1 aliphatic carbocycles. The van der Waals surface area contributed by atoms with Crippen LogP contribution in [0, 0.1) is 23.0 Å². The zero-order valence-corrected chi connectivity index (χ0v) is 10.3. The van der Waals surface area contributed by atoms with Gasteiger partial charge in [0.25, 0.3) is 0 Å². The van der Waals surface area contributed by atoms with Crippen molar-refractivity contribution in [2.45, 2.75) is 19.8 Å². The number of hydrogen-bond acceptors (Lipinski definition) is 2. The van der Waals surface area contributed by atoms with Crippen LogP contribution in [0.4, 0.5) is 8.78 Å². The van der Waals surface area contributed by atoms with Crippen molar-refractivity contribution in [3.05, 3.63) is 29.3 Å². The maximum Gasteiger partial charge on any atom is 0.200 e. The third-order valence-electron chi connectivity index (χ3n) is 3.92. The standard InChI is InChI=1S/C13H17F2NO/c1-13(2)8(6-16)10(13)7-4-5-9(14)11(15)12(7)17-3/h4-5,8,10H,6,16H2,1-3H3/t8-,10-/m0/s1. The third kappa shape index (κ3) is 1.71. The third-order valence-corrected chi connectivity index (χ3v) is 3.92. The summed E-state index contributed by atoms with van der Waals surface area (Å²) in [6, 6.07) is 2.74. The lowest BCUT2D eigenvalue weighted by Gasteiger charge is -2.11. The number of benzene rings is 1. The molecule has 2 nitrogen and oxygen atoms in total. The largest absolute Gasteiger partial charge is 0.493 e. The first-order valence-electron chi connectivity index (χ1n) is 5.67. The molecule has 0 aromatic heterocycles. The van der Waals surface area contributed by atoms with E-state index in [-0.39, 0.29) is 17.1 Å². The molecule has 0 heterocycles. The summed E-state index contributed by atoms with van der Waals surface area (Å²) in [6.07, 6.45) is 0. The van der Waals surface area contributed by atoms with E-state index in [1.165, 1.54) is 7.11 Å². The SMILES string of the molecule is COc1c([C@H]2[C@H](CN)C2(C)C)ccc(F)c1F. The van der Waals surface area contributed by atoms with Gasteiger partial charge in [-0.2, -0.15) is 4.39 Å². The van der Waals surface area contributed by atoms with Crippen LogP contribution in [0.2, 0.25) is 0 Å². The number of methoxy groups -OCH3 is 1. The molecule has 17 heavy (non-hydrogen) atoms. The molecule has 0 unspecified atom stereocenters. The molecule has 0 amide bonds. The van der Waals surface area contributed by atoms with Crippen LogP contribution < -0.4 is 10.5 Å². The first-order chi connectivity index (χ1) is 7.95. The first-order valence-corrected chi connectivity index (χ1v) is 5.67. The Morgan fingerprint density at radius 1 is 1.35 bits per heavy atom. The van der Waals surface area contributed by atoms with Gasteiger partial charge < -0.3 is 10.5 Å². The number of hydrogen-bond donors (Lipinski definition) is 1. The quantitative estimate of drug-likeness (QED) is 0.883. The summed E-state index contributed by atoms with van der Waals surface area (Å²) in [6.45, 7) is 4.70. The zero-order valence-electron chi connectivity index (χ0n) is 10.3. The van der Waals surface area contributed by atoms with E-state index >= 15 is 0 Å². The predicted molar refractivity (Wildman–Crippen MR) is 62.0 cm³/mol. The Morgan fingerprint density at radius 2 is 2.00 bits per heavy atom. The normalized spacial score (nSPS) is 25.8. The minimum absolute atomic E-state index is 0.0130. The van der Waals surface area contributed by atoms with Crippen molar-refractivity contribution in [2.24, 2.45) is 17.1 Å². The van der Waals surface area contributed by atoms with Gasteiger partial charge in [-0.15, -0.1) is 0 Å². The molecule has 1 aliphatic rings. The molecule has 2 atom stereocenters. The summed E-state index contributed by atoms with van der Waals surface area (Å²) in [5, 5.41) is 0. The van der Waals surface area contributed by atoms with Gasteiger partial charge in [0, 0.05) is 5.56 Å². The highest BCUT2D eigenvalue weighted by Gasteiger charge is 2.58. The van der Waals surface area contributed by atoms with Crippen molar-refractivity contribution in [1.82, 2.24) is 0 Å². The second kappa shape index (κ2) is 3.95. The lowest BCUT2D eigenvalue weighted by molar-refractivity contribution is 0.365. The Hall–Kier alpha value is -1.16. The minimum atomic E-state index is -0.913. The van der Waals surface area contributed by atoms with Crippen LogP contribution in [-0.4, -0.2) is 13.7 Å². The molecular formula is C13H17F2NO. The van der Waals surface area contributed by atoms with Crippen molar-refractivity contribution in [1.29, 1.82) is 0 Å². The minimum Gasteiger partial charge on any atom is -0.493 e. The van der Waals surface area contributed by atoms with Crippen molar-refractivity contribution < 1.29 is 13.5 Å². The van der Waals surface area contributed by atoms with Crippen molar-refractivity contribution in [2.75, 3.05) is 13.7 Å². The van der Waals surface area contributed by atoms with Crippen LogP contribution >= 0.6 is 0 Å². The Balaban J connectivity index is 2.45. The van der Waals surface area contributed by atoms with E-state index in [4.69, 9.17) is 10.5 Å². The first kappa shape index (κ1) is 12.3. The van der Waals surface area contributed by atoms with Crippen LogP contribution in [0.1, 0.15) is 25.3 Å². The average Bonchev–Trinajstić information content (AvgIpc) is 2.84. The van der Waals surface area contributed by atoms with Crippen LogP contribution in [0.15, 0.2) is 12.1 Å². The summed E-state index contributed by atoms with van der Waals surface area (Å²) in [4.78, 5) is 0. The van der Waals surface area contributed by atoms with Crippen LogP contribution in [-0.2, 0) is 0 Å². The molecule has 0 saturated heterocycles. The maximum absolute atomic E-state index is 13.6. The molecule has 0 bridgehead atoms. The number of rotatable bonds is 3. The fraction of sp³-hybridized carbons (Fsp3) is 0.538. The highest BCUT2D eigenvalue weighted by Crippen LogP contribution is 2.65. The van der Waals surface area contributed by atoms with Gasteiger partial charge in [0.2, 0.25) is 5.82 Å². The second-order valence-electron chi connectivity index (χ2n) is 5.13. The molecule has 1 aromatic rings. The van der Waals surface area contributed by atoms with E-state index in [0.717, 1.165) is 6.07 Å². The van der Waals surface area contributed by atoms with Crippen molar-refractivity contribution in [3.8, 4) is 5.75 Å². The van der Waals surface area contributed by atoms with Crippen molar-refractivity contribution in [3.63, 3.8) is 0 Å². The highest BCUT2D eigenvalue weighted by molar-refractivity contribution is 5.44. The average molecular weight is 241 g/mol.